The van der Waals surface area contributed by atoms with Crippen molar-refractivity contribution < 1.29 is 5.11 Å². The summed E-state index contributed by atoms with van der Waals surface area (Å²) in [5, 5.41) is 12.7. The van der Waals surface area contributed by atoms with E-state index in [0.717, 1.165) is 22.4 Å². The summed E-state index contributed by atoms with van der Waals surface area (Å²) in [7, 11) is 2.05. The van der Waals surface area contributed by atoms with Gasteiger partial charge in [0.25, 0.3) is 0 Å². The summed E-state index contributed by atoms with van der Waals surface area (Å²) in [5.41, 5.74) is 5.60. The smallest absolute Gasteiger partial charge is 0.137 e. The van der Waals surface area contributed by atoms with Crippen molar-refractivity contribution in [3.8, 4) is 11.6 Å². The van der Waals surface area contributed by atoms with Gasteiger partial charge in [-0.3, -0.25) is 4.57 Å². The molecule has 0 atom stereocenters. The second kappa shape index (κ2) is 4.79. The molecule has 26 heavy (non-hydrogen) atoms. The Balaban J connectivity index is 1.96. The van der Waals surface area contributed by atoms with Gasteiger partial charge in [0, 0.05) is 36.1 Å². The van der Waals surface area contributed by atoms with Crippen LogP contribution in [0.3, 0.4) is 0 Å². The van der Waals surface area contributed by atoms with Crippen molar-refractivity contribution in [2.45, 2.75) is 26.2 Å². The summed E-state index contributed by atoms with van der Waals surface area (Å²) >= 11 is 0. The molecule has 4 nitrogen and oxygen atoms in total. The van der Waals surface area contributed by atoms with Gasteiger partial charge < -0.3 is 9.67 Å². The molecule has 5 aromatic rings. The second-order valence-corrected chi connectivity index (χ2v) is 8.08. The molecule has 0 saturated heterocycles. The Morgan fingerprint density at radius 3 is 2.35 bits per heavy atom. The van der Waals surface area contributed by atoms with Gasteiger partial charge >= 0.3 is 0 Å². The fourth-order valence-electron chi connectivity index (χ4n) is 4.06. The van der Waals surface area contributed by atoms with Gasteiger partial charge in [-0.25, -0.2) is 4.98 Å². The Hall–Kier alpha value is -3.01. The van der Waals surface area contributed by atoms with Gasteiger partial charge in [-0.2, -0.15) is 0 Å². The van der Waals surface area contributed by atoms with Gasteiger partial charge in [-0.15, -0.1) is 0 Å². The Kier molecular flexibility index (Phi) is 2.81. The number of nitrogens with zero attached hydrogens (tertiary/aromatic N) is 3. The first-order valence-corrected chi connectivity index (χ1v) is 8.87. The van der Waals surface area contributed by atoms with E-state index in [2.05, 4.69) is 65.2 Å². The largest absolute Gasteiger partial charge is 0.508 e. The van der Waals surface area contributed by atoms with Gasteiger partial charge in [-0.05, 0) is 35.2 Å². The van der Waals surface area contributed by atoms with Crippen molar-refractivity contribution in [1.82, 2.24) is 14.1 Å². The third-order valence-corrected chi connectivity index (χ3v) is 5.40. The molecule has 1 N–H and O–H groups in total. The van der Waals surface area contributed by atoms with E-state index in [1.807, 2.05) is 25.4 Å². The Labute approximate surface area is 151 Å². The van der Waals surface area contributed by atoms with Gasteiger partial charge in [0.15, 0.2) is 0 Å². The molecule has 5 rings (SSSR count). The summed E-state index contributed by atoms with van der Waals surface area (Å²) in [6.07, 6.45) is 1.87. The Morgan fingerprint density at radius 2 is 1.58 bits per heavy atom. The number of aryl methyl sites for hydroxylation is 1. The zero-order chi connectivity index (χ0) is 18.2. The van der Waals surface area contributed by atoms with Crippen LogP contribution in [0.2, 0.25) is 0 Å². The minimum atomic E-state index is 0.0478. The molecule has 0 aliphatic heterocycles. The average molecular weight is 343 g/mol. The van der Waals surface area contributed by atoms with Gasteiger partial charge in [0.1, 0.15) is 11.6 Å². The van der Waals surface area contributed by atoms with Crippen LogP contribution in [-0.2, 0) is 12.5 Å². The molecule has 2 aromatic carbocycles. The average Bonchev–Trinajstić information content (AvgIpc) is 3.07. The summed E-state index contributed by atoms with van der Waals surface area (Å²) in [6.45, 7) is 6.62. The van der Waals surface area contributed by atoms with E-state index in [-0.39, 0.29) is 11.2 Å². The van der Waals surface area contributed by atoms with Crippen LogP contribution in [0.4, 0.5) is 0 Å². The molecule has 0 bridgehead atoms. The number of phenols is 1. The summed E-state index contributed by atoms with van der Waals surface area (Å²) in [4.78, 5) is 4.66. The topological polar surface area (TPSA) is 43.0 Å². The minimum absolute atomic E-state index is 0.0478. The zero-order valence-electron chi connectivity index (χ0n) is 15.4. The molecule has 0 radical (unpaired) electrons. The lowest BCUT2D eigenvalue weighted by atomic mass is 9.88. The van der Waals surface area contributed by atoms with E-state index in [9.17, 15) is 5.11 Å². The fraction of sp³-hybridized carbons (Fsp3) is 0.227. The number of rotatable bonds is 1. The van der Waals surface area contributed by atoms with Crippen LogP contribution in [-0.4, -0.2) is 19.2 Å². The lowest BCUT2D eigenvalue weighted by Crippen LogP contribution is -2.12. The van der Waals surface area contributed by atoms with Crippen LogP contribution in [0.15, 0.2) is 48.7 Å². The molecule has 0 unspecified atom stereocenters. The Bertz CT molecular complexity index is 1280. The number of hydrogen-bond donors (Lipinski definition) is 1. The Morgan fingerprint density at radius 1 is 0.885 bits per heavy atom. The van der Waals surface area contributed by atoms with Crippen LogP contribution in [0, 0.1) is 0 Å². The highest BCUT2D eigenvalue weighted by atomic mass is 16.3. The fourth-order valence-corrected chi connectivity index (χ4v) is 4.06. The molecule has 0 aliphatic rings. The van der Waals surface area contributed by atoms with Crippen molar-refractivity contribution in [3.63, 3.8) is 0 Å². The first-order chi connectivity index (χ1) is 12.4. The monoisotopic (exact) mass is 343 g/mol. The molecule has 0 saturated carbocycles. The quantitative estimate of drug-likeness (QED) is 0.459. The van der Waals surface area contributed by atoms with E-state index in [4.69, 9.17) is 0 Å². The minimum Gasteiger partial charge on any atom is -0.508 e. The predicted octanol–water partition coefficient (Wildman–Crippen LogP) is 5.11. The van der Waals surface area contributed by atoms with Crippen LogP contribution in [0.5, 0.6) is 5.75 Å². The maximum atomic E-state index is 10.3. The molecule has 3 aromatic heterocycles. The van der Waals surface area contributed by atoms with E-state index < -0.39 is 0 Å². The summed E-state index contributed by atoms with van der Waals surface area (Å²) in [5.74, 6) is 1.16. The first kappa shape index (κ1) is 15.3. The molecule has 3 heterocycles. The van der Waals surface area contributed by atoms with Crippen LogP contribution in [0.1, 0.15) is 26.3 Å². The number of aromatic hydroxyl groups is 1. The highest BCUT2D eigenvalue weighted by molar-refractivity contribution is 6.24. The van der Waals surface area contributed by atoms with Crippen LogP contribution >= 0.6 is 0 Å². The number of benzene rings is 2. The lowest BCUT2D eigenvalue weighted by Gasteiger charge is -2.20. The molecular formula is C22H21N3O. The number of hydrogen-bond acceptors (Lipinski definition) is 2. The van der Waals surface area contributed by atoms with E-state index in [0.29, 0.717) is 0 Å². The zero-order valence-corrected chi connectivity index (χ0v) is 15.4. The van der Waals surface area contributed by atoms with Crippen molar-refractivity contribution in [3.05, 3.63) is 54.2 Å². The normalized spacial score (nSPS) is 12.8. The summed E-state index contributed by atoms with van der Waals surface area (Å²) in [6, 6.07) is 14.2. The van der Waals surface area contributed by atoms with E-state index in [1.165, 1.54) is 21.9 Å². The molecule has 4 heteroatoms. The molecule has 130 valence electrons. The molecule has 0 aliphatic carbocycles. The van der Waals surface area contributed by atoms with Crippen LogP contribution in [0.25, 0.3) is 38.7 Å². The third kappa shape index (κ3) is 1.87. The highest BCUT2D eigenvalue weighted by Crippen LogP contribution is 2.42. The highest BCUT2D eigenvalue weighted by Gasteiger charge is 2.22. The summed E-state index contributed by atoms with van der Waals surface area (Å²) < 4.78 is 4.31. The van der Waals surface area contributed by atoms with Crippen molar-refractivity contribution in [2.75, 3.05) is 0 Å². The predicted molar refractivity (Wildman–Crippen MR) is 107 cm³/mol. The third-order valence-electron chi connectivity index (χ3n) is 5.40. The van der Waals surface area contributed by atoms with Gasteiger partial charge in [0.05, 0.1) is 22.1 Å². The second-order valence-electron chi connectivity index (χ2n) is 8.08. The number of phenolic OH excluding ortho intramolecular Hbond substituents is 1. The SMILES string of the molecule is Cn1c2cccc3c2c2c1cc(O)cc2n3-c1cc(C(C)(C)C)ccn1. The number of pyridine rings is 1. The standard InChI is InChI=1S/C22H21N3O/c1-22(2,3)13-8-9-23-19(10-13)25-16-7-5-6-15-20(16)21-17(24(15)4)11-14(26)12-18(21)25/h5-12,26H,1-4H3. The van der Waals surface area contributed by atoms with Gasteiger partial charge in [0.2, 0.25) is 0 Å². The molecule has 0 fully saturated rings. The van der Waals surface area contributed by atoms with Crippen LogP contribution < -0.4 is 0 Å². The lowest BCUT2D eigenvalue weighted by molar-refractivity contribution is 0.476. The van der Waals surface area contributed by atoms with Crippen molar-refractivity contribution >= 4 is 32.8 Å². The maximum Gasteiger partial charge on any atom is 0.137 e. The van der Waals surface area contributed by atoms with Gasteiger partial charge in [-0.1, -0.05) is 26.8 Å². The van der Waals surface area contributed by atoms with Crippen molar-refractivity contribution in [2.24, 2.45) is 7.05 Å². The first-order valence-electron chi connectivity index (χ1n) is 8.87. The molecule has 0 spiro atoms. The van der Waals surface area contributed by atoms with Crippen molar-refractivity contribution in [1.29, 1.82) is 0 Å². The maximum absolute atomic E-state index is 10.3. The van der Waals surface area contributed by atoms with E-state index >= 15 is 0 Å². The van der Waals surface area contributed by atoms with E-state index in [1.54, 1.807) is 0 Å². The molecular weight excluding hydrogens is 322 g/mol. The number of aromatic nitrogens is 3. The molecule has 0 amide bonds.